The molecule has 2 aromatic heterocycles. The third-order valence-corrected chi connectivity index (χ3v) is 4.75. The zero-order valence-electron chi connectivity index (χ0n) is 12.8. The van der Waals surface area contributed by atoms with E-state index in [-0.39, 0.29) is 17.4 Å². The number of hydrogen-bond acceptors (Lipinski definition) is 4. The molecule has 0 aliphatic heterocycles. The highest BCUT2D eigenvalue weighted by Crippen LogP contribution is 2.31. The van der Waals surface area contributed by atoms with Crippen molar-refractivity contribution in [3.8, 4) is 0 Å². The van der Waals surface area contributed by atoms with Crippen LogP contribution in [0.1, 0.15) is 59.9 Å². The molecule has 120 valence electrons. The molecule has 2 aromatic rings. The van der Waals surface area contributed by atoms with Crippen LogP contribution in [-0.2, 0) is 12.8 Å². The third kappa shape index (κ3) is 2.56. The molecule has 2 heterocycles. The van der Waals surface area contributed by atoms with Crippen LogP contribution in [0.2, 0.25) is 0 Å². The summed E-state index contributed by atoms with van der Waals surface area (Å²) in [5, 5.41) is 6.96. The lowest BCUT2D eigenvalue weighted by atomic mass is 9.93. The van der Waals surface area contributed by atoms with Crippen LogP contribution >= 0.6 is 0 Å². The number of rotatable bonds is 3. The molecule has 2 aliphatic carbocycles. The van der Waals surface area contributed by atoms with Crippen LogP contribution in [0.15, 0.2) is 17.1 Å². The summed E-state index contributed by atoms with van der Waals surface area (Å²) in [5.74, 6) is -0.0599. The zero-order valence-corrected chi connectivity index (χ0v) is 12.8. The number of nitrogens with one attached hydrogen (secondary N) is 2. The van der Waals surface area contributed by atoms with E-state index < -0.39 is 0 Å². The molecule has 2 aliphatic rings. The fourth-order valence-electron chi connectivity index (χ4n) is 3.25. The van der Waals surface area contributed by atoms with Gasteiger partial charge in [0, 0.05) is 11.8 Å². The highest BCUT2D eigenvalue weighted by Gasteiger charge is 2.25. The molecule has 2 N–H and O–H groups in total. The number of amides is 1. The number of aryl methyl sites for hydroxylation is 1. The molecule has 7 heteroatoms. The Morgan fingerprint density at radius 3 is 2.87 bits per heavy atom. The Morgan fingerprint density at radius 1 is 1.26 bits per heavy atom. The second-order valence-electron chi connectivity index (χ2n) is 6.25. The predicted molar refractivity (Wildman–Crippen MR) is 84.6 cm³/mol. The molecule has 1 fully saturated rings. The highest BCUT2D eigenvalue weighted by atomic mass is 16.2. The molecular weight excluding hydrogens is 294 g/mol. The molecule has 1 saturated carbocycles. The largest absolute Gasteiger partial charge is 0.292 e. The summed E-state index contributed by atoms with van der Waals surface area (Å²) >= 11 is 0. The number of aromatic amines is 1. The molecule has 1 amide bonds. The van der Waals surface area contributed by atoms with Gasteiger partial charge in [0.05, 0.1) is 11.7 Å². The topological polar surface area (TPSA) is 92.7 Å². The smallest absolute Gasteiger partial charge is 0.276 e. The van der Waals surface area contributed by atoms with Gasteiger partial charge in [-0.25, -0.2) is 4.98 Å². The molecule has 7 nitrogen and oxygen atoms in total. The van der Waals surface area contributed by atoms with E-state index in [9.17, 15) is 9.59 Å². The Bertz CT molecular complexity index is 803. The summed E-state index contributed by atoms with van der Waals surface area (Å²) in [5.41, 5.74) is 1.93. The SMILES string of the molecule is O=C(Nc1nc2c(c(=O)[nH]1)CCCC2)c1ccnn1C1CCC1. The Morgan fingerprint density at radius 2 is 2.09 bits per heavy atom. The lowest BCUT2D eigenvalue weighted by molar-refractivity contribution is 0.100. The van der Waals surface area contributed by atoms with E-state index >= 15 is 0 Å². The van der Waals surface area contributed by atoms with E-state index in [4.69, 9.17) is 0 Å². The Hall–Kier alpha value is -2.44. The fourth-order valence-corrected chi connectivity index (χ4v) is 3.25. The number of nitrogens with zero attached hydrogens (tertiary/aromatic N) is 3. The van der Waals surface area contributed by atoms with Gasteiger partial charge in [-0.1, -0.05) is 0 Å². The number of aromatic nitrogens is 4. The van der Waals surface area contributed by atoms with Crippen molar-refractivity contribution in [2.45, 2.75) is 51.0 Å². The van der Waals surface area contributed by atoms with Gasteiger partial charge in [0.1, 0.15) is 5.69 Å². The maximum Gasteiger partial charge on any atom is 0.276 e. The maximum absolute atomic E-state index is 12.5. The molecule has 4 rings (SSSR count). The minimum Gasteiger partial charge on any atom is -0.292 e. The quantitative estimate of drug-likeness (QED) is 0.904. The average molecular weight is 313 g/mol. The number of hydrogen-bond donors (Lipinski definition) is 2. The number of H-pyrrole nitrogens is 1. The number of anilines is 1. The van der Waals surface area contributed by atoms with Crippen LogP contribution < -0.4 is 10.9 Å². The minimum atomic E-state index is -0.284. The minimum absolute atomic E-state index is 0.141. The lowest BCUT2D eigenvalue weighted by Gasteiger charge is -2.27. The Kier molecular flexibility index (Phi) is 3.48. The molecule has 0 bridgehead atoms. The van der Waals surface area contributed by atoms with Crippen molar-refractivity contribution >= 4 is 11.9 Å². The van der Waals surface area contributed by atoms with Gasteiger partial charge in [0.2, 0.25) is 5.95 Å². The second kappa shape index (κ2) is 5.64. The first-order valence-electron chi connectivity index (χ1n) is 8.19. The van der Waals surface area contributed by atoms with Gasteiger partial charge in [-0.2, -0.15) is 5.10 Å². The maximum atomic E-state index is 12.5. The molecular formula is C16H19N5O2. The summed E-state index contributed by atoms with van der Waals surface area (Å²) in [6.45, 7) is 0. The van der Waals surface area contributed by atoms with Crippen molar-refractivity contribution in [3.63, 3.8) is 0 Å². The average Bonchev–Trinajstić information content (AvgIpc) is 2.94. The Labute approximate surface area is 133 Å². The van der Waals surface area contributed by atoms with E-state index in [0.717, 1.165) is 49.8 Å². The van der Waals surface area contributed by atoms with Crippen molar-refractivity contribution in [2.75, 3.05) is 5.32 Å². The summed E-state index contributed by atoms with van der Waals surface area (Å²) in [6, 6.07) is 2.01. The van der Waals surface area contributed by atoms with Crippen LogP contribution in [0.5, 0.6) is 0 Å². The van der Waals surface area contributed by atoms with Crippen molar-refractivity contribution in [2.24, 2.45) is 0 Å². The van der Waals surface area contributed by atoms with Gasteiger partial charge in [-0.05, 0) is 51.0 Å². The first-order valence-corrected chi connectivity index (χ1v) is 8.19. The molecule has 0 radical (unpaired) electrons. The molecule has 0 saturated heterocycles. The van der Waals surface area contributed by atoms with Crippen molar-refractivity contribution < 1.29 is 4.79 Å². The lowest BCUT2D eigenvalue weighted by Crippen LogP contribution is -2.27. The number of carbonyl (C=O) groups is 1. The van der Waals surface area contributed by atoms with Gasteiger partial charge in [0.25, 0.3) is 11.5 Å². The molecule has 0 spiro atoms. The van der Waals surface area contributed by atoms with Crippen LogP contribution in [-0.4, -0.2) is 25.7 Å². The first kappa shape index (κ1) is 14.2. The summed E-state index contributed by atoms with van der Waals surface area (Å²) in [7, 11) is 0. The molecule has 0 aromatic carbocycles. The molecule has 0 atom stereocenters. The van der Waals surface area contributed by atoms with Crippen LogP contribution in [0.25, 0.3) is 0 Å². The van der Waals surface area contributed by atoms with E-state index in [1.165, 1.54) is 6.42 Å². The molecule has 0 unspecified atom stereocenters. The monoisotopic (exact) mass is 313 g/mol. The summed E-state index contributed by atoms with van der Waals surface area (Å²) < 4.78 is 1.77. The molecule has 23 heavy (non-hydrogen) atoms. The summed E-state index contributed by atoms with van der Waals surface area (Å²) in [4.78, 5) is 31.7. The third-order valence-electron chi connectivity index (χ3n) is 4.75. The van der Waals surface area contributed by atoms with Gasteiger partial charge < -0.3 is 0 Å². The highest BCUT2D eigenvalue weighted by molar-refractivity contribution is 6.02. The van der Waals surface area contributed by atoms with Gasteiger partial charge in [0.15, 0.2) is 0 Å². The van der Waals surface area contributed by atoms with E-state index in [1.807, 2.05) is 0 Å². The van der Waals surface area contributed by atoms with Crippen LogP contribution in [0.3, 0.4) is 0 Å². The number of fused-ring (bicyclic) bond motifs is 1. The fraction of sp³-hybridized carbons (Fsp3) is 0.500. The first-order chi connectivity index (χ1) is 11.2. The summed E-state index contributed by atoms with van der Waals surface area (Å²) in [6.07, 6.45) is 8.52. The van der Waals surface area contributed by atoms with Gasteiger partial charge in [-0.15, -0.1) is 0 Å². The Balaban J connectivity index is 1.58. The van der Waals surface area contributed by atoms with Crippen molar-refractivity contribution in [1.29, 1.82) is 0 Å². The van der Waals surface area contributed by atoms with E-state index in [0.29, 0.717) is 11.7 Å². The normalized spacial score (nSPS) is 17.4. The van der Waals surface area contributed by atoms with Gasteiger partial charge in [-0.3, -0.25) is 24.6 Å². The van der Waals surface area contributed by atoms with E-state index in [2.05, 4.69) is 20.4 Å². The van der Waals surface area contributed by atoms with Crippen LogP contribution in [0.4, 0.5) is 5.95 Å². The number of carbonyl (C=O) groups excluding carboxylic acids is 1. The van der Waals surface area contributed by atoms with Crippen molar-refractivity contribution in [1.82, 2.24) is 19.7 Å². The standard InChI is InChI=1S/C16H19N5O2/c22-14-11-6-1-2-7-12(11)18-16(19-14)20-15(23)13-8-9-17-21(13)10-4-3-5-10/h8-10H,1-7H2,(H2,18,19,20,22,23). The zero-order chi connectivity index (χ0) is 15.8. The predicted octanol–water partition coefficient (Wildman–Crippen LogP) is 1.82. The van der Waals surface area contributed by atoms with E-state index in [1.54, 1.807) is 16.9 Å². The van der Waals surface area contributed by atoms with Crippen LogP contribution in [0, 0.1) is 0 Å². The van der Waals surface area contributed by atoms with Crippen molar-refractivity contribution in [3.05, 3.63) is 39.6 Å². The second-order valence-corrected chi connectivity index (χ2v) is 6.25. The van der Waals surface area contributed by atoms with Gasteiger partial charge >= 0.3 is 0 Å².